The van der Waals surface area contributed by atoms with E-state index in [2.05, 4.69) is 5.32 Å². The summed E-state index contributed by atoms with van der Waals surface area (Å²) in [5, 5.41) is 55.7. The van der Waals surface area contributed by atoms with Crippen LogP contribution in [0.15, 0.2) is 24.3 Å². The standard InChI is InChI=1S/C30H46N6O12/c31-10-12-5-6-15(32)29(45-12)47-24-16(33)9-17(25(23(24)41)48-30-22(40)20(34)21(39)19(11-37)46-30)35-26(42)18(38)7-8-36-27(43)13-3-1-2-4-14(13)28(36)44/h1-4,12,15-25,29-30,37-41H,5-11,31-34H2,(H,35,42). The van der Waals surface area contributed by atoms with Crippen LogP contribution < -0.4 is 28.3 Å². The Morgan fingerprint density at radius 3 is 2.21 bits per heavy atom. The quantitative estimate of drug-likeness (QED) is 0.0976. The predicted molar refractivity (Wildman–Crippen MR) is 163 cm³/mol. The molecule has 14 unspecified atom stereocenters. The van der Waals surface area contributed by atoms with Crippen molar-refractivity contribution in [3.63, 3.8) is 0 Å². The molecule has 18 nitrogen and oxygen atoms in total. The molecule has 18 heteroatoms. The molecule has 3 fully saturated rings. The minimum Gasteiger partial charge on any atom is -0.394 e. The zero-order valence-electron chi connectivity index (χ0n) is 26.2. The molecule has 48 heavy (non-hydrogen) atoms. The summed E-state index contributed by atoms with van der Waals surface area (Å²) in [5.41, 5.74) is 24.8. The number of nitrogens with one attached hydrogen (secondary N) is 1. The van der Waals surface area contributed by atoms with E-state index in [1.807, 2.05) is 0 Å². The molecular weight excluding hydrogens is 636 g/mol. The third-order valence-electron chi connectivity index (χ3n) is 9.43. The number of aliphatic hydroxyl groups excluding tert-OH is 5. The molecule has 5 rings (SSSR count). The van der Waals surface area contributed by atoms with Gasteiger partial charge < -0.3 is 72.7 Å². The van der Waals surface area contributed by atoms with Crippen molar-refractivity contribution in [3.05, 3.63) is 35.4 Å². The van der Waals surface area contributed by atoms with Crippen molar-refractivity contribution >= 4 is 17.7 Å². The number of imide groups is 1. The van der Waals surface area contributed by atoms with E-state index in [1.54, 1.807) is 12.1 Å². The van der Waals surface area contributed by atoms with E-state index in [1.165, 1.54) is 12.1 Å². The maximum absolute atomic E-state index is 13.2. The van der Waals surface area contributed by atoms with E-state index in [9.17, 15) is 39.9 Å². The highest BCUT2D eigenvalue weighted by molar-refractivity contribution is 6.21. The number of fused-ring (bicyclic) bond motifs is 1. The van der Waals surface area contributed by atoms with Gasteiger partial charge in [0.1, 0.15) is 42.7 Å². The number of amides is 3. The highest BCUT2D eigenvalue weighted by Gasteiger charge is 2.51. The van der Waals surface area contributed by atoms with E-state index >= 15 is 0 Å². The summed E-state index contributed by atoms with van der Waals surface area (Å²) in [5.74, 6) is -2.00. The smallest absolute Gasteiger partial charge is 0.261 e. The number of ether oxygens (including phenoxy) is 4. The lowest BCUT2D eigenvalue weighted by atomic mass is 9.83. The predicted octanol–water partition coefficient (Wildman–Crippen LogP) is -5.06. The first-order valence-electron chi connectivity index (χ1n) is 16.0. The van der Waals surface area contributed by atoms with Crippen LogP contribution in [0.1, 0.15) is 46.4 Å². The number of rotatable bonds is 11. The largest absolute Gasteiger partial charge is 0.394 e. The molecule has 268 valence electrons. The van der Waals surface area contributed by atoms with E-state index in [4.69, 9.17) is 41.9 Å². The maximum Gasteiger partial charge on any atom is 0.261 e. The van der Waals surface area contributed by atoms with E-state index < -0.39 is 104 Å². The summed E-state index contributed by atoms with van der Waals surface area (Å²) in [6.07, 6.45) is -12.3. The summed E-state index contributed by atoms with van der Waals surface area (Å²) in [4.78, 5) is 39.6. The van der Waals surface area contributed by atoms with Gasteiger partial charge in [-0.25, -0.2) is 0 Å². The Kier molecular flexibility index (Phi) is 11.8. The van der Waals surface area contributed by atoms with Gasteiger partial charge in [-0.05, 0) is 31.4 Å². The van der Waals surface area contributed by atoms with Crippen molar-refractivity contribution in [2.75, 3.05) is 19.7 Å². The third kappa shape index (κ3) is 7.41. The van der Waals surface area contributed by atoms with Gasteiger partial charge in [0.25, 0.3) is 11.8 Å². The molecule has 0 spiro atoms. The lowest BCUT2D eigenvalue weighted by molar-refractivity contribution is -0.314. The SMILES string of the molecule is NCC1CCC(N)C(OC2C(N)CC(NC(=O)C(O)CCN3C(=O)c4ccccc4C3=O)C(OC3OC(CO)C(O)C(N)C3O)C2O)O1. The number of hydrogen-bond acceptors (Lipinski definition) is 16. The van der Waals surface area contributed by atoms with Crippen molar-refractivity contribution in [3.8, 4) is 0 Å². The van der Waals surface area contributed by atoms with Gasteiger partial charge in [-0.1, -0.05) is 12.1 Å². The molecule has 1 aromatic carbocycles. The molecule has 3 aliphatic heterocycles. The highest BCUT2D eigenvalue weighted by atomic mass is 16.7. The molecule has 2 saturated heterocycles. The average Bonchev–Trinajstić information content (AvgIpc) is 3.32. The third-order valence-corrected chi connectivity index (χ3v) is 9.43. The van der Waals surface area contributed by atoms with Crippen LogP contribution in [0.2, 0.25) is 0 Å². The van der Waals surface area contributed by atoms with Gasteiger partial charge >= 0.3 is 0 Å². The van der Waals surface area contributed by atoms with E-state index in [0.29, 0.717) is 12.8 Å². The second-order valence-electron chi connectivity index (χ2n) is 12.7. The molecule has 0 radical (unpaired) electrons. The van der Waals surface area contributed by atoms with Crippen molar-refractivity contribution in [1.29, 1.82) is 0 Å². The molecule has 1 saturated carbocycles. The highest BCUT2D eigenvalue weighted by Crippen LogP contribution is 2.32. The molecule has 3 amide bonds. The first kappa shape index (κ1) is 36.6. The minimum atomic E-state index is -1.70. The Labute approximate surface area is 276 Å². The Morgan fingerprint density at radius 2 is 1.58 bits per heavy atom. The fraction of sp³-hybridized carbons (Fsp3) is 0.700. The van der Waals surface area contributed by atoms with Crippen LogP contribution >= 0.6 is 0 Å². The zero-order valence-corrected chi connectivity index (χ0v) is 26.2. The Balaban J connectivity index is 1.30. The number of benzene rings is 1. The van der Waals surface area contributed by atoms with E-state index in [0.717, 1.165) is 4.90 Å². The minimum absolute atomic E-state index is 0.0769. The number of nitrogens with two attached hydrogens (primary N) is 4. The van der Waals surface area contributed by atoms with Crippen LogP contribution in [0.3, 0.4) is 0 Å². The second kappa shape index (κ2) is 15.5. The Bertz CT molecular complexity index is 1270. The molecule has 1 aromatic rings. The summed E-state index contributed by atoms with van der Waals surface area (Å²) >= 11 is 0. The lowest BCUT2D eigenvalue weighted by Crippen LogP contribution is -2.69. The maximum atomic E-state index is 13.2. The van der Waals surface area contributed by atoms with Gasteiger partial charge in [-0.2, -0.15) is 0 Å². The fourth-order valence-corrected chi connectivity index (χ4v) is 6.56. The van der Waals surface area contributed by atoms with E-state index in [-0.39, 0.29) is 43.2 Å². The van der Waals surface area contributed by atoms with Gasteiger partial charge in [0.05, 0.1) is 42.0 Å². The van der Waals surface area contributed by atoms with Crippen LogP contribution in [0, 0.1) is 0 Å². The monoisotopic (exact) mass is 682 g/mol. The lowest BCUT2D eigenvalue weighted by Gasteiger charge is -2.48. The number of hydrogen-bond donors (Lipinski definition) is 10. The van der Waals surface area contributed by atoms with Crippen molar-refractivity contribution in [2.24, 2.45) is 22.9 Å². The molecule has 1 aliphatic carbocycles. The second-order valence-corrected chi connectivity index (χ2v) is 12.7. The van der Waals surface area contributed by atoms with Gasteiger partial charge in [0.2, 0.25) is 5.91 Å². The van der Waals surface area contributed by atoms with Gasteiger partial charge in [-0.15, -0.1) is 0 Å². The van der Waals surface area contributed by atoms with Gasteiger partial charge in [0, 0.05) is 25.6 Å². The molecule has 14 N–H and O–H groups in total. The van der Waals surface area contributed by atoms with Gasteiger partial charge in [0.15, 0.2) is 12.6 Å². The van der Waals surface area contributed by atoms with Crippen LogP contribution in [-0.4, -0.2) is 153 Å². The topological polar surface area (TPSA) is 309 Å². The molecule has 14 atom stereocenters. The molecule has 0 bridgehead atoms. The number of nitrogens with zero attached hydrogens (tertiary/aromatic N) is 1. The number of carbonyl (C=O) groups excluding carboxylic acids is 3. The van der Waals surface area contributed by atoms with Crippen LogP contribution in [0.25, 0.3) is 0 Å². The fourth-order valence-electron chi connectivity index (χ4n) is 6.56. The first-order chi connectivity index (χ1) is 22.9. The Hall–Kier alpha value is -2.69. The van der Waals surface area contributed by atoms with Crippen LogP contribution in [0.4, 0.5) is 0 Å². The Morgan fingerprint density at radius 1 is 0.938 bits per heavy atom. The van der Waals surface area contributed by atoms with Crippen molar-refractivity contribution in [1.82, 2.24) is 10.2 Å². The average molecular weight is 683 g/mol. The molecule has 4 aliphatic rings. The summed E-state index contributed by atoms with van der Waals surface area (Å²) < 4.78 is 23.5. The molecular formula is C30H46N6O12. The van der Waals surface area contributed by atoms with Crippen molar-refractivity contribution < 1.29 is 58.9 Å². The van der Waals surface area contributed by atoms with Crippen LogP contribution in [0.5, 0.6) is 0 Å². The van der Waals surface area contributed by atoms with Gasteiger partial charge in [-0.3, -0.25) is 19.3 Å². The molecule has 0 aromatic heterocycles. The summed E-state index contributed by atoms with van der Waals surface area (Å²) in [7, 11) is 0. The molecule has 3 heterocycles. The summed E-state index contributed by atoms with van der Waals surface area (Å²) in [6, 6.07) is 2.38. The summed E-state index contributed by atoms with van der Waals surface area (Å²) in [6.45, 7) is -0.695. The normalized spacial score (nSPS) is 39.3. The van der Waals surface area contributed by atoms with Crippen LogP contribution in [-0.2, 0) is 23.7 Å². The number of carbonyl (C=O) groups is 3. The first-order valence-corrected chi connectivity index (χ1v) is 16.0. The van der Waals surface area contributed by atoms with Crippen molar-refractivity contribution in [2.45, 2.75) is 111 Å². The zero-order chi connectivity index (χ0) is 34.9. The number of aliphatic hydroxyl groups is 5.